The SMILES string of the molecule is COc1c(C)cnc(Cn2cc(C#CC(C)(O)COC(=O)C(OC)(c3ccccc3)C(F)(F)F)c3c(Cl)nc(N)nc32)c1C. The van der Waals surface area contributed by atoms with E-state index in [9.17, 15) is 23.1 Å². The molecule has 0 aliphatic carbocycles. The summed E-state index contributed by atoms with van der Waals surface area (Å²) in [6.45, 7) is 4.23. The van der Waals surface area contributed by atoms with Crippen molar-refractivity contribution in [3.63, 3.8) is 0 Å². The number of ether oxygens (including phenoxy) is 3. The highest BCUT2D eigenvalue weighted by Crippen LogP contribution is 2.43. The number of hydrogen-bond donors (Lipinski definition) is 2. The van der Waals surface area contributed by atoms with Gasteiger partial charge < -0.3 is 29.6 Å². The summed E-state index contributed by atoms with van der Waals surface area (Å²) in [6, 6.07) is 6.33. The molecule has 0 fully saturated rings. The maximum absolute atomic E-state index is 14.2. The molecule has 0 aliphatic rings. The maximum Gasteiger partial charge on any atom is 0.432 e. The third-order valence-corrected chi connectivity index (χ3v) is 7.16. The van der Waals surface area contributed by atoms with Gasteiger partial charge in [0.15, 0.2) is 5.60 Å². The Morgan fingerprint density at radius 2 is 1.84 bits per heavy atom. The second-order valence-electron chi connectivity index (χ2n) is 10.1. The molecule has 4 rings (SSSR count). The molecule has 3 heterocycles. The first-order valence-electron chi connectivity index (χ1n) is 13.1. The quantitative estimate of drug-likeness (QED) is 0.164. The molecule has 3 aromatic heterocycles. The highest BCUT2D eigenvalue weighted by molar-refractivity contribution is 6.34. The van der Waals surface area contributed by atoms with Gasteiger partial charge in [0.25, 0.3) is 5.60 Å². The number of aliphatic hydroxyl groups is 1. The van der Waals surface area contributed by atoms with Crippen LogP contribution in [0.15, 0.2) is 42.7 Å². The van der Waals surface area contributed by atoms with Crippen molar-refractivity contribution in [2.75, 3.05) is 26.6 Å². The maximum atomic E-state index is 14.2. The number of benzene rings is 1. The summed E-state index contributed by atoms with van der Waals surface area (Å²) in [7, 11) is 2.31. The van der Waals surface area contributed by atoms with E-state index >= 15 is 0 Å². The molecule has 1 aromatic carbocycles. The number of carbonyl (C=O) groups is 1. The number of carbonyl (C=O) groups excluding carboxylic acids is 1. The molecule has 44 heavy (non-hydrogen) atoms. The number of aromatic nitrogens is 4. The number of nitrogens with zero attached hydrogens (tertiary/aromatic N) is 4. The molecular weight excluding hydrogens is 603 g/mol. The first-order valence-corrected chi connectivity index (χ1v) is 13.4. The van der Waals surface area contributed by atoms with Gasteiger partial charge in [-0.15, -0.1) is 0 Å². The number of nitrogens with two attached hydrogens (primary N) is 1. The highest BCUT2D eigenvalue weighted by atomic mass is 35.5. The third-order valence-electron chi connectivity index (χ3n) is 6.88. The molecule has 0 radical (unpaired) electrons. The van der Waals surface area contributed by atoms with E-state index in [4.69, 9.17) is 31.5 Å². The molecule has 0 amide bonds. The number of fused-ring (bicyclic) bond motifs is 1. The van der Waals surface area contributed by atoms with Crippen LogP contribution in [-0.2, 0) is 26.4 Å². The zero-order chi connectivity index (χ0) is 32.4. The van der Waals surface area contributed by atoms with Gasteiger partial charge in [-0.25, -0.2) is 9.78 Å². The van der Waals surface area contributed by atoms with Crippen LogP contribution in [0.1, 0.15) is 34.9 Å². The summed E-state index contributed by atoms with van der Waals surface area (Å²) in [5.74, 6) is 4.13. The van der Waals surface area contributed by atoms with Crippen LogP contribution >= 0.6 is 11.6 Å². The van der Waals surface area contributed by atoms with Gasteiger partial charge in [-0.1, -0.05) is 53.8 Å². The summed E-state index contributed by atoms with van der Waals surface area (Å²) >= 11 is 6.40. The molecule has 0 saturated carbocycles. The van der Waals surface area contributed by atoms with Crippen molar-refractivity contribution in [3.05, 3.63) is 75.8 Å². The number of methoxy groups -OCH3 is 2. The van der Waals surface area contributed by atoms with E-state index in [2.05, 4.69) is 26.8 Å². The Hall–Kier alpha value is -4.38. The standard InChI is InChI=1S/C30H29ClF3N5O5/c1-17-13-36-21(18(2)23(17)42-4)15-39-14-19(22-24(31)37-27(35)38-25(22)39)11-12-28(3,41)16-44-26(40)29(43-5,30(32,33)34)20-9-7-6-8-10-20/h6-10,13-14,41H,15-16H2,1-5H3,(H2,35,37,38). The lowest BCUT2D eigenvalue weighted by atomic mass is 9.92. The zero-order valence-corrected chi connectivity index (χ0v) is 25.2. The first-order chi connectivity index (χ1) is 20.6. The zero-order valence-electron chi connectivity index (χ0n) is 24.4. The molecule has 2 unspecified atom stereocenters. The Balaban J connectivity index is 1.67. The summed E-state index contributed by atoms with van der Waals surface area (Å²) in [5, 5.41) is 11.2. The van der Waals surface area contributed by atoms with Gasteiger partial charge in [0.1, 0.15) is 23.2 Å². The normalized spacial score (nSPS) is 14.3. The van der Waals surface area contributed by atoms with E-state index in [1.807, 2.05) is 13.8 Å². The minimum absolute atomic E-state index is 0.00861. The van der Waals surface area contributed by atoms with Crippen molar-refractivity contribution in [2.45, 2.75) is 44.7 Å². The van der Waals surface area contributed by atoms with Crippen LogP contribution in [-0.4, -0.2) is 63.2 Å². The Kier molecular flexibility index (Phi) is 9.11. The highest BCUT2D eigenvalue weighted by Gasteiger charge is 2.64. The molecule has 232 valence electrons. The predicted octanol–water partition coefficient (Wildman–Crippen LogP) is 4.49. The van der Waals surface area contributed by atoms with Crippen LogP contribution in [0, 0.1) is 25.7 Å². The molecular formula is C30H29ClF3N5O5. The van der Waals surface area contributed by atoms with E-state index in [0.29, 0.717) is 22.5 Å². The number of hydrogen-bond acceptors (Lipinski definition) is 9. The van der Waals surface area contributed by atoms with E-state index in [1.165, 1.54) is 25.1 Å². The van der Waals surface area contributed by atoms with Gasteiger partial charge in [-0.2, -0.15) is 18.2 Å². The van der Waals surface area contributed by atoms with Crippen LogP contribution in [0.2, 0.25) is 5.15 Å². The fourth-order valence-electron chi connectivity index (χ4n) is 4.70. The fraction of sp³-hybridized carbons (Fsp3) is 0.333. The van der Waals surface area contributed by atoms with Crippen molar-refractivity contribution in [1.29, 1.82) is 0 Å². The topological polar surface area (TPSA) is 135 Å². The lowest BCUT2D eigenvalue weighted by Gasteiger charge is -2.33. The van der Waals surface area contributed by atoms with Crippen molar-refractivity contribution in [1.82, 2.24) is 19.5 Å². The second kappa shape index (κ2) is 12.3. The lowest BCUT2D eigenvalue weighted by molar-refractivity contribution is -0.277. The number of rotatable bonds is 8. The average Bonchev–Trinajstić information content (AvgIpc) is 3.30. The van der Waals surface area contributed by atoms with Crippen LogP contribution in [0.4, 0.5) is 19.1 Å². The molecule has 0 bridgehead atoms. The van der Waals surface area contributed by atoms with E-state index in [-0.39, 0.29) is 23.2 Å². The molecule has 0 spiro atoms. The number of halogens is 4. The van der Waals surface area contributed by atoms with Crippen molar-refractivity contribution < 1.29 is 37.3 Å². The van der Waals surface area contributed by atoms with Crippen LogP contribution < -0.4 is 10.5 Å². The summed E-state index contributed by atoms with van der Waals surface area (Å²) in [4.78, 5) is 25.7. The van der Waals surface area contributed by atoms with Gasteiger partial charge in [-0.3, -0.25) is 4.98 Å². The number of alkyl halides is 3. The molecule has 0 saturated heterocycles. The molecule has 2 atom stereocenters. The van der Waals surface area contributed by atoms with Crippen LogP contribution in [0.3, 0.4) is 0 Å². The number of nitrogen functional groups attached to an aromatic ring is 1. The van der Waals surface area contributed by atoms with Gasteiger partial charge in [0.05, 0.1) is 30.3 Å². The first kappa shape index (κ1) is 32.5. The van der Waals surface area contributed by atoms with Crippen molar-refractivity contribution in [2.24, 2.45) is 0 Å². The van der Waals surface area contributed by atoms with E-state index in [0.717, 1.165) is 30.4 Å². The van der Waals surface area contributed by atoms with Crippen LogP contribution in [0.5, 0.6) is 5.75 Å². The van der Waals surface area contributed by atoms with Crippen molar-refractivity contribution in [3.8, 4) is 17.6 Å². The summed E-state index contributed by atoms with van der Waals surface area (Å²) in [6.07, 6.45) is -1.90. The smallest absolute Gasteiger partial charge is 0.432 e. The molecule has 3 N–H and O–H groups in total. The minimum Gasteiger partial charge on any atom is -0.496 e. The molecule has 14 heteroatoms. The Morgan fingerprint density at radius 1 is 1.16 bits per heavy atom. The van der Waals surface area contributed by atoms with Gasteiger partial charge in [0.2, 0.25) is 5.95 Å². The monoisotopic (exact) mass is 631 g/mol. The summed E-state index contributed by atoms with van der Waals surface area (Å²) < 4.78 is 59.5. The number of esters is 1. The largest absolute Gasteiger partial charge is 0.496 e. The van der Waals surface area contributed by atoms with Crippen LogP contribution in [0.25, 0.3) is 11.0 Å². The average molecular weight is 632 g/mol. The van der Waals surface area contributed by atoms with E-state index in [1.54, 1.807) is 24.1 Å². The van der Waals surface area contributed by atoms with Gasteiger partial charge >= 0.3 is 12.1 Å². The third kappa shape index (κ3) is 6.14. The number of aryl methyl sites for hydroxylation is 1. The minimum atomic E-state index is -5.17. The fourth-order valence-corrected chi connectivity index (χ4v) is 4.97. The van der Waals surface area contributed by atoms with E-state index < -0.39 is 35.5 Å². The Bertz CT molecular complexity index is 1770. The van der Waals surface area contributed by atoms with Gasteiger partial charge in [0, 0.05) is 36.2 Å². The Morgan fingerprint density at radius 3 is 2.45 bits per heavy atom. The molecule has 4 aromatic rings. The number of pyridine rings is 1. The molecule has 0 aliphatic heterocycles. The predicted molar refractivity (Wildman–Crippen MR) is 156 cm³/mol. The molecule has 10 nitrogen and oxygen atoms in total. The number of anilines is 1. The van der Waals surface area contributed by atoms with Gasteiger partial charge in [-0.05, 0) is 20.8 Å². The summed E-state index contributed by atoms with van der Waals surface area (Å²) in [5.41, 5.74) is 2.80. The second-order valence-corrected chi connectivity index (χ2v) is 10.5. The Labute approximate surface area is 255 Å². The lowest BCUT2D eigenvalue weighted by Crippen LogP contribution is -2.52. The van der Waals surface area contributed by atoms with Crippen molar-refractivity contribution >= 4 is 34.6 Å².